The first kappa shape index (κ1) is 13.2. The zero-order chi connectivity index (χ0) is 14.0. The van der Waals surface area contributed by atoms with Gasteiger partial charge in [-0.15, -0.1) is 0 Å². The normalized spacial score (nSPS) is 12.2. The molecule has 4 nitrogen and oxygen atoms in total. The van der Waals surface area contributed by atoms with E-state index in [9.17, 15) is 10.1 Å². The van der Waals surface area contributed by atoms with Crippen LogP contribution in [0.25, 0.3) is 0 Å². The number of hydrogen-bond acceptors (Lipinski definition) is 3. The van der Waals surface area contributed by atoms with Crippen molar-refractivity contribution in [3.05, 3.63) is 74.8 Å². The minimum Gasteiger partial charge on any atom is -0.320 e. The molecule has 0 aliphatic carbocycles. The second kappa shape index (κ2) is 5.20. The van der Waals surface area contributed by atoms with Crippen LogP contribution in [-0.2, 0) is 0 Å². The molecule has 2 aromatic carbocycles. The van der Waals surface area contributed by atoms with Gasteiger partial charge in [0.1, 0.15) is 0 Å². The van der Waals surface area contributed by atoms with Gasteiger partial charge in [-0.25, -0.2) is 0 Å². The first-order valence-electron chi connectivity index (χ1n) is 6.06. The third kappa shape index (κ3) is 2.63. The lowest BCUT2D eigenvalue weighted by Crippen LogP contribution is -2.12. The van der Waals surface area contributed by atoms with E-state index in [2.05, 4.69) is 0 Å². The summed E-state index contributed by atoms with van der Waals surface area (Å²) in [5, 5.41) is 11.1. The van der Waals surface area contributed by atoms with Crippen molar-refractivity contribution in [2.24, 2.45) is 5.73 Å². The lowest BCUT2D eigenvalue weighted by molar-refractivity contribution is -0.385. The number of hydrogen-bond donors (Lipinski definition) is 1. The van der Waals surface area contributed by atoms with Crippen LogP contribution in [0, 0.1) is 24.0 Å². The van der Waals surface area contributed by atoms with E-state index in [1.54, 1.807) is 13.0 Å². The predicted octanol–water partition coefficient (Wildman–Crippen LogP) is 3.26. The molecule has 0 bridgehead atoms. The number of nitrogens with two attached hydrogens (primary N) is 1. The highest BCUT2D eigenvalue weighted by atomic mass is 16.6. The van der Waals surface area contributed by atoms with Crippen LogP contribution >= 0.6 is 0 Å². The molecule has 2 N–H and O–H groups in total. The number of nitro benzene ring substituents is 1. The van der Waals surface area contributed by atoms with E-state index in [4.69, 9.17) is 5.73 Å². The molecule has 98 valence electrons. The van der Waals surface area contributed by atoms with Crippen molar-refractivity contribution in [3.63, 3.8) is 0 Å². The number of aryl methyl sites for hydroxylation is 1. The molecule has 1 atom stereocenters. The Labute approximate surface area is 112 Å². The second-order valence-corrected chi connectivity index (χ2v) is 4.63. The van der Waals surface area contributed by atoms with Crippen molar-refractivity contribution in [3.8, 4) is 0 Å². The Morgan fingerprint density at radius 2 is 1.74 bits per heavy atom. The highest BCUT2D eigenvalue weighted by Gasteiger charge is 2.17. The molecule has 19 heavy (non-hydrogen) atoms. The van der Waals surface area contributed by atoms with Gasteiger partial charge < -0.3 is 5.73 Å². The molecule has 1 unspecified atom stereocenters. The molecule has 0 fully saturated rings. The van der Waals surface area contributed by atoms with Crippen molar-refractivity contribution in [1.82, 2.24) is 0 Å². The number of nitro groups is 1. The van der Waals surface area contributed by atoms with Gasteiger partial charge in [0, 0.05) is 11.6 Å². The molecule has 0 radical (unpaired) electrons. The number of nitrogens with zero attached hydrogens (tertiary/aromatic N) is 1. The summed E-state index contributed by atoms with van der Waals surface area (Å²) in [6.45, 7) is 3.62. The SMILES string of the molecule is Cc1cc(C(N)c2ccccc2)cc([N+](=O)[O-])c1C. The Hall–Kier alpha value is -2.20. The van der Waals surface area contributed by atoms with Crippen molar-refractivity contribution < 1.29 is 4.92 Å². The van der Waals surface area contributed by atoms with Crippen molar-refractivity contribution in [2.75, 3.05) is 0 Å². The minimum atomic E-state index is -0.358. The molecule has 0 spiro atoms. The van der Waals surface area contributed by atoms with E-state index in [0.29, 0.717) is 5.56 Å². The lowest BCUT2D eigenvalue weighted by atomic mass is 9.95. The summed E-state index contributed by atoms with van der Waals surface area (Å²) < 4.78 is 0. The Bertz CT molecular complexity index is 609. The van der Waals surface area contributed by atoms with E-state index in [-0.39, 0.29) is 16.7 Å². The van der Waals surface area contributed by atoms with Crippen molar-refractivity contribution in [1.29, 1.82) is 0 Å². The molecule has 0 aliphatic heterocycles. The Morgan fingerprint density at radius 3 is 2.32 bits per heavy atom. The molecule has 2 aromatic rings. The molecule has 4 heteroatoms. The monoisotopic (exact) mass is 256 g/mol. The van der Waals surface area contributed by atoms with Gasteiger partial charge in [-0.2, -0.15) is 0 Å². The maximum atomic E-state index is 11.1. The maximum absolute atomic E-state index is 11.1. The minimum absolute atomic E-state index is 0.126. The molecule has 0 saturated carbocycles. The van der Waals surface area contributed by atoms with Crippen LogP contribution in [0.1, 0.15) is 28.3 Å². The molecule has 0 aromatic heterocycles. The zero-order valence-corrected chi connectivity index (χ0v) is 11.0. The standard InChI is InChI=1S/C15H16N2O2/c1-10-8-13(9-14(11(10)2)17(18)19)15(16)12-6-4-3-5-7-12/h3-9,15H,16H2,1-2H3. The predicted molar refractivity (Wildman–Crippen MR) is 75.0 cm³/mol. The van der Waals surface area contributed by atoms with Gasteiger partial charge >= 0.3 is 0 Å². The van der Waals surface area contributed by atoms with E-state index < -0.39 is 0 Å². The summed E-state index contributed by atoms with van der Waals surface area (Å²) in [5.74, 6) is 0. The van der Waals surface area contributed by atoms with Crippen LogP contribution in [0.5, 0.6) is 0 Å². The average molecular weight is 256 g/mol. The average Bonchev–Trinajstić information content (AvgIpc) is 2.41. The lowest BCUT2D eigenvalue weighted by Gasteiger charge is -2.14. The molecule has 0 saturated heterocycles. The van der Waals surface area contributed by atoms with Gasteiger partial charge in [-0.05, 0) is 30.5 Å². The zero-order valence-electron chi connectivity index (χ0n) is 11.0. The first-order valence-corrected chi connectivity index (χ1v) is 6.06. The maximum Gasteiger partial charge on any atom is 0.272 e. The topological polar surface area (TPSA) is 69.2 Å². The van der Waals surface area contributed by atoms with Crippen LogP contribution in [-0.4, -0.2) is 4.92 Å². The van der Waals surface area contributed by atoms with Gasteiger partial charge in [-0.1, -0.05) is 36.4 Å². The molecule has 0 heterocycles. The summed E-state index contributed by atoms with van der Waals surface area (Å²) >= 11 is 0. The Kier molecular flexibility index (Phi) is 3.62. The van der Waals surface area contributed by atoms with Gasteiger partial charge in [0.05, 0.1) is 11.0 Å². The van der Waals surface area contributed by atoms with Crippen LogP contribution in [0.15, 0.2) is 42.5 Å². The smallest absolute Gasteiger partial charge is 0.272 e. The van der Waals surface area contributed by atoms with Crippen LogP contribution < -0.4 is 5.73 Å². The molecule has 0 amide bonds. The fraction of sp³-hybridized carbons (Fsp3) is 0.200. The largest absolute Gasteiger partial charge is 0.320 e. The molecule has 2 rings (SSSR count). The molecule has 0 aliphatic rings. The van der Waals surface area contributed by atoms with Gasteiger partial charge in [0.2, 0.25) is 0 Å². The summed E-state index contributed by atoms with van der Waals surface area (Å²) in [4.78, 5) is 10.7. The summed E-state index contributed by atoms with van der Waals surface area (Å²) in [6.07, 6.45) is 0. The van der Waals surface area contributed by atoms with E-state index in [1.165, 1.54) is 0 Å². The number of benzene rings is 2. The van der Waals surface area contributed by atoms with E-state index in [0.717, 1.165) is 16.7 Å². The molecular weight excluding hydrogens is 240 g/mol. The second-order valence-electron chi connectivity index (χ2n) is 4.63. The van der Waals surface area contributed by atoms with Gasteiger partial charge in [-0.3, -0.25) is 10.1 Å². The summed E-state index contributed by atoms with van der Waals surface area (Å²) in [7, 11) is 0. The number of rotatable bonds is 3. The Balaban J connectivity index is 2.49. The van der Waals surface area contributed by atoms with E-state index in [1.807, 2.05) is 43.3 Å². The van der Waals surface area contributed by atoms with Crippen molar-refractivity contribution in [2.45, 2.75) is 19.9 Å². The Morgan fingerprint density at radius 1 is 1.11 bits per heavy atom. The van der Waals surface area contributed by atoms with Crippen LogP contribution in [0.4, 0.5) is 5.69 Å². The fourth-order valence-electron chi connectivity index (χ4n) is 2.09. The quantitative estimate of drug-likeness (QED) is 0.677. The van der Waals surface area contributed by atoms with Crippen molar-refractivity contribution >= 4 is 5.69 Å². The highest BCUT2D eigenvalue weighted by Crippen LogP contribution is 2.28. The summed E-state index contributed by atoms with van der Waals surface area (Å²) in [5.41, 5.74) is 9.59. The first-order chi connectivity index (χ1) is 9.00. The van der Waals surface area contributed by atoms with Gasteiger partial charge in [0.15, 0.2) is 0 Å². The van der Waals surface area contributed by atoms with Crippen LogP contribution in [0.2, 0.25) is 0 Å². The van der Waals surface area contributed by atoms with E-state index >= 15 is 0 Å². The van der Waals surface area contributed by atoms with Gasteiger partial charge in [0.25, 0.3) is 5.69 Å². The fourth-order valence-corrected chi connectivity index (χ4v) is 2.09. The molecular formula is C15H16N2O2. The third-order valence-electron chi connectivity index (χ3n) is 3.38. The van der Waals surface area contributed by atoms with Crippen LogP contribution in [0.3, 0.4) is 0 Å². The third-order valence-corrected chi connectivity index (χ3v) is 3.38. The summed E-state index contributed by atoms with van der Waals surface area (Å²) in [6, 6.07) is 12.7. The highest BCUT2D eigenvalue weighted by molar-refractivity contribution is 5.49.